The molecule has 0 saturated heterocycles. The number of nitrogens with two attached hydrogens (primary N) is 1. The molecule has 0 radical (unpaired) electrons. The van der Waals surface area contributed by atoms with Crippen LogP contribution in [0, 0.1) is 6.92 Å². The van der Waals surface area contributed by atoms with Gasteiger partial charge in [-0.2, -0.15) is 5.10 Å². The molecule has 2 N–H and O–H groups in total. The summed E-state index contributed by atoms with van der Waals surface area (Å²) in [5.74, 6) is 0.780. The summed E-state index contributed by atoms with van der Waals surface area (Å²) in [5.41, 5.74) is 11.3. The quantitative estimate of drug-likeness (QED) is 0.901. The number of nitrogen functional groups attached to an aromatic ring is 1. The molecule has 3 nitrogen and oxygen atoms in total. The van der Waals surface area contributed by atoms with Crippen LogP contribution < -0.4 is 5.73 Å². The van der Waals surface area contributed by atoms with Crippen LogP contribution in [0.1, 0.15) is 43.9 Å². The van der Waals surface area contributed by atoms with Crippen molar-refractivity contribution in [3.8, 4) is 11.1 Å². The summed E-state index contributed by atoms with van der Waals surface area (Å²) in [7, 11) is 1.94. The Kier molecular flexibility index (Phi) is 3.08. The Hall–Kier alpha value is -1.77. The summed E-state index contributed by atoms with van der Waals surface area (Å²) in [6.07, 6.45) is 5.01. The van der Waals surface area contributed by atoms with Crippen LogP contribution in [0.5, 0.6) is 0 Å². The van der Waals surface area contributed by atoms with Crippen molar-refractivity contribution in [2.45, 2.75) is 44.9 Å². The van der Waals surface area contributed by atoms with Gasteiger partial charge in [-0.3, -0.25) is 4.68 Å². The highest BCUT2D eigenvalue weighted by Crippen LogP contribution is 2.46. The third-order valence-corrected chi connectivity index (χ3v) is 4.78. The van der Waals surface area contributed by atoms with Crippen LogP contribution >= 0.6 is 0 Å². The lowest BCUT2D eigenvalue weighted by Gasteiger charge is -2.23. The monoisotopic (exact) mass is 269 g/mol. The van der Waals surface area contributed by atoms with Crippen molar-refractivity contribution in [3.63, 3.8) is 0 Å². The summed E-state index contributed by atoms with van der Waals surface area (Å²) in [6, 6.07) is 8.45. The van der Waals surface area contributed by atoms with Gasteiger partial charge in [-0.15, -0.1) is 0 Å². The van der Waals surface area contributed by atoms with Crippen LogP contribution in [-0.2, 0) is 12.5 Å². The Bertz CT molecular complexity index is 634. The average molecular weight is 269 g/mol. The minimum Gasteiger partial charge on any atom is -0.383 e. The Balaban J connectivity index is 2.23. The lowest BCUT2D eigenvalue weighted by atomic mass is 9.81. The van der Waals surface area contributed by atoms with Crippen LogP contribution in [0.3, 0.4) is 0 Å². The van der Waals surface area contributed by atoms with E-state index >= 15 is 0 Å². The summed E-state index contributed by atoms with van der Waals surface area (Å²) in [6.45, 7) is 4.48. The lowest BCUT2D eigenvalue weighted by Crippen LogP contribution is -2.19. The first-order valence-electron chi connectivity index (χ1n) is 7.42. The van der Waals surface area contributed by atoms with E-state index in [2.05, 4.69) is 38.1 Å². The third-order valence-electron chi connectivity index (χ3n) is 4.78. The molecule has 0 aliphatic heterocycles. The van der Waals surface area contributed by atoms with Crippen molar-refractivity contribution < 1.29 is 0 Å². The van der Waals surface area contributed by atoms with Crippen LogP contribution in [0.2, 0.25) is 0 Å². The molecule has 1 fully saturated rings. The van der Waals surface area contributed by atoms with Gasteiger partial charge < -0.3 is 5.73 Å². The first-order valence-corrected chi connectivity index (χ1v) is 7.42. The van der Waals surface area contributed by atoms with Gasteiger partial charge in [0.15, 0.2) is 0 Å². The van der Waals surface area contributed by atoms with Gasteiger partial charge in [0, 0.05) is 18.0 Å². The van der Waals surface area contributed by atoms with Crippen LogP contribution in [0.4, 0.5) is 5.82 Å². The molecule has 1 heterocycles. The molecular formula is C17H23N3. The standard InChI is InChI=1S/C17H23N3/c1-12-8-4-5-9-13(12)14-15(19-20(3)16(14)18)17(2)10-6-7-11-17/h4-5,8-9H,6-7,10-11,18H2,1-3H3. The molecule has 2 aromatic rings. The molecule has 0 bridgehead atoms. The molecule has 1 aliphatic rings. The van der Waals surface area contributed by atoms with Gasteiger partial charge in [-0.1, -0.05) is 44.0 Å². The summed E-state index contributed by atoms with van der Waals surface area (Å²) in [5, 5.41) is 4.77. The van der Waals surface area contributed by atoms with E-state index in [1.54, 1.807) is 0 Å². The highest BCUT2D eigenvalue weighted by atomic mass is 15.3. The Morgan fingerprint density at radius 2 is 1.85 bits per heavy atom. The second-order valence-corrected chi connectivity index (χ2v) is 6.32. The van der Waals surface area contributed by atoms with Crippen molar-refractivity contribution in [2.75, 3.05) is 5.73 Å². The number of benzene rings is 1. The maximum Gasteiger partial charge on any atom is 0.129 e. The molecule has 20 heavy (non-hydrogen) atoms. The number of aryl methyl sites for hydroxylation is 2. The normalized spacial score (nSPS) is 17.6. The van der Waals surface area contributed by atoms with Gasteiger partial charge in [-0.05, 0) is 30.9 Å². The Labute approximate surface area is 120 Å². The van der Waals surface area contributed by atoms with E-state index in [-0.39, 0.29) is 5.41 Å². The average Bonchev–Trinajstić information content (AvgIpc) is 2.98. The molecule has 0 atom stereocenters. The van der Waals surface area contributed by atoms with E-state index in [9.17, 15) is 0 Å². The van der Waals surface area contributed by atoms with Gasteiger partial charge in [0.1, 0.15) is 5.82 Å². The smallest absolute Gasteiger partial charge is 0.129 e. The van der Waals surface area contributed by atoms with Gasteiger partial charge in [0.05, 0.1) is 5.69 Å². The number of anilines is 1. The van der Waals surface area contributed by atoms with E-state index in [1.165, 1.54) is 42.5 Å². The number of hydrogen-bond acceptors (Lipinski definition) is 2. The van der Waals surface area contributed by atoms with Gasteiger partial charge in [0.2, 0.25) is 0 Å². The molecule has 0 spiro atoms. The van der Waals surface area contributed by atoms with Crippen molar-refractivity contribution in [2.24, 2.45) is 7.05 Å². The van der Waals surface area contributed by atoms with Crippen LogP contribution in [0.15, 0.2) is 24.3 Å². The minimum absolute atomic E-state index is 0.174. The minimum atomic E-state index is 0.174. The number of rotatable bonds is 2. The molecule has 1 saturated carbocycles. The first-order chi connectivity index (χ1) is 9.53. The summed E-state index contributed by atoms with van der Waals surface area (Å²) >= 11 is 0. The molecule has 3 rings (SSSR count). The predicted octanol–water partition coefficient (Wildman–Crippen LogP) is 3.81. The zero-order valence-corrected chi connectivity index (χ0v) is 12.6. The largest absolute Gasteiger partial charge is 0.383 e. The van der Waals surface area contributed by atoms with Crippen molar-refractivity contribution in [1.29, 1.82) is 0 Å². The molecule has 3 heteroatoms. The number of aromatic nitrogens is 2. The molecule has 0 amide bonds. The SMILES string of the molecule is Cc1ccccc1-c1c(C2(C)CCCC2)nn(C)c1N. The third kappa shape index (κ3) is 1.92. The number of hydrogen-bond donors (Lipinski definition) is 1. The fraction of sp³-hybridized carbons (Fsp3) is 0.471. The van der Waals surface area contributed by atoms with E-state index < -0.39 is 0 Å². The zero-order valence-electron chi connectivity index (χ0n) is 12.6. The van der Waals surface area contributed by atoms with E-state index in [0.717, 1.165) is 11.4 Å². The lowest BCUT2D eigenvalue weighted by molar-refractivity contribution is 0.469. The van der Waals surface area contributed by atoms with Gasteiger partial charge in [0.25, 0.3) is 0 Å². The Morgan fingerprint density at radius 1 is 1.20 bits per heavy atom. The van der Waals surface area contributed by atoms with Gasteiger partial charge >= 0.3 is 0 Å². The van der Waals surface area contributed by atoms with E-state index in [1.807, 2.05) is 11.7 Å². The predicted molar refractivity (Wildman–Crippen MR) is 83.6 cm³/mol. The Morgan fingerprint density at radius 3 is 2.50 bits per heavy atom. The second-order valence-electron chi connectivity index (χ2n) is 6.32. The molecule has 1 aromatic heterocycles. The molecular weight excluding hydrogens is 246 g/mol. The highest BCUT2D eigenvalue weighted by molar-refractivity contribution is 5.79. The van der Waals surface area contributed by atoms with Crippen molar-refractivity contribution in [3.05, 3.63) is 35.5 Å². The summed E-state index contributed by atoms with van der Waals surface area (Å²) in [4.78, 5) is 0. The van der Waals surface area contributed by atoms with E-state index in [4.69, 9.17) is 10.8 Å². The van der Waals surface area contributed by atoms with Crippen molar-refractivity contribution in [1.82, 2.24) is 9.78 Å². The zero-order chi connectivity index (χ0) is 14.3. The maximum atomic E-state index is 6.33. The molecule has 106 valence electrons. The van der Waals surface area contributed by atoms with Crippen molar-refractivity contribution >= 4 is 5.82 Å². The first kappa shape index (κ1) is 13.2. The topological polar surface area (TPSA) is 43.8 Å². The maximum absolute atomic E-state index is 6.33. The van der Waals surface area contributed by atoms with Crippen LogP contribution in [-0.4, -0.2) is 9.78 Å². The molecule has 1 aromatic carbocycles. The number of nitrogens with zero attached hydrogens (tertiary/aromatic N) is 2. The molecule has 0 unspecified atom stereocenters. The fourth-order valence-electron chi connectivity index (χ4n) is 3.47. The van der Waals surface area contributed by atoms with Gasteiger partial charge in [-0.25, -0.2) is 0 Å². The second kappa shape index (κ2) is 4.65. The van der Waals surface area contributed by atoms with Crippen LogP contribution in [0.25, 0.3) is 11.1 Å². The fourth-order valence-corrected chi connectivity index (χ4v) is 3.47. The molecule has 1 aliphatic carbocycles. The van der Waals surface area contributed by atoms with E-state index in [0.29, 0.717) is 0 Å². The highest BCUT2D eigenvalue weighted by Gasteiger charge is 2.36. The summed E-state index contributed by atoms with van der Waals surface area (Å²) < 4.78 is 1.83.